The third kappa shape index (κ3) is 3.88. The molecule has 0 saturated carbocycles. The van der Waals surface area contributed by atoms with Crippen molar-refractivity contribution in [2.45, 2.75) is 18.8 Å². The second-order valence-corrected chi connectivity index (χ2v) is 5.65. The number of carbonyl (C=O) groups is 1. The number of likely N-dealkylation sites (tertiary alicyclic amines) is 1. The lowest BCUT2D eigenvalue weighted by Gasteiger charge is -2.14. The standard InChI is InChI=1S/C16H19N3O4/c1-19-8-14(15(20)9-19)17-16(21)13-7-12(23-18-13)10-22-11-5-3-2-4-6-11/h2-7,14-15,20H,8-10H2,1H3,(H,17,21)/t14-,15-/m1/s1. The van der Waals surface area contributed by atoms with E-state index in [2.05, 4.69) is 10.5 Å². The first-order chi connectivity index (χ1) is 11.1. The Morgan fingerprint density at radius 1 is 1.43 bits per heavy atom. The SMILES string of the molecule is CN1C[C@@H](O)[C@H](NC(=O)c2cc(COc3ccccc3)on2)C1. The zero-order valence-corrected chi connectivity index (χ0v) is 12.8. The van der Waals surface area contributed by atoms with Crippen molar-refractivity contribution in [1.82, 2.24) is 15.4 Å². The first-order valence-corrected chi connectivity index (χ1v) is 7.43. The summed E-state index contributed by atoms with van der Waals surface area (Å²) in [5, 5.41) is 16.4. The van der Waals surface area contributed by atoms with Crippen molar-refractivity contribution in [2.24, 2.45) is 0 Å². The number of hydrogen-bond donors (Lipinski definition) is 2. The number of ether oxygens (including phenoxy) is 1. The first kappa shape index (κ1) is 15.5. The molecule has 1 saturated heterocycles. The number of rotatable bonds is 5. The molecule has 1 amide bonds. The third-order valence-electron chi connectivity index (χ3n) is 3.70. The van der Waals surface area contributed by atoms with Crippen molar-refractivity contribution >= 4 is 5.91 Å². The molecule has 1 aromatic carbocycles. The summed E-state index contributed by atoms with van der Waals surface area (Å²) in [6.07, 6.45) is -0.572. The highest BCUT2D eigenvalue weighted by Crippen LogP contribution is 2.13. The molecule has 1 fully saturated rings. The van der Waals surface area contributed by atoms with E-state index in [9.17, 15) is 9.90 Å². The number of nitrogens with one attached hydrogen (secondary N) is 1. The highest BCUT2D eigenvalue weighted by molar-refractivity contribution is 5.92. The highest BCUT2D eigenvalue weighted by Gasteiger charge is 2.31. The minimum atomic E-state index is -0.572. The van der Waals surface area contributed by atoms with E-state index in [1.165, 1.54) is 0 Å². The van der Waals surface area contributed by atoms with Gasteiger partial charge in [-0.2, -0.15) is 0 Å². The van der Waals surface area contributed by atoms with Crippen molar-refractivity contribution in [3.05, 3.63) is 47.9 Å². The van der Waals surface area contributed by atoms with Crippen LogP contribution < -0.4 is 10.1 Å². The molecule has 2 N–H and O–H groups in total. The fourth-order valence-corrected chi connectivity index (χ4v) is 2.52. The summed E-state index contributed by atoms with van der Waals surface area (Å²) < 4.78 is 10.6. The van der Waals surface area contributed by atoms with E-state index in [-0.39, 0.29) is 24.2 Å². The van der Waals surface area contributed by atoms with Crippen LogP contribution in [-0.4, -0.2) is 53.4 Å². The van der Waals surface area contributed by atoms with Crippen molar-refractivity contribution in [3.8, 4) is 5.75 Å². The van der Waals surface area contributed by atoms with Crippen molar-refractivity contribution in [3.63, 3.8) is 0 Å². The first-order valence-electron chi connectivity index (χ1n) is 7.43. The number of aliphatic hydroxyl groups excluding tert-OH is 1. The minimum Gasteiger partial charge on any atom is -0.486 e. The number of benzene rings is 1. The van der Waals surface area contributed by atoms with Crippen molar-refractivity contribution in [1.29, 1.82) is 0 Å². The van der Waals surface area contributed by atoms with Gasteiger partial charge < -0.3 is 24.6 Å². The Hall–Kier alpha value is -2.38. The van der Waals surface area contributed by atoms with E-state index in [0.29, 0.717) is 24.6 Å². The predicted molar refractivity (Wildman–Crippen MR) is 82.0 cm³/mol. The van der Waals surface area contributed by atoms with Crippen LogP contribution in [0.4, 0.5) is 0 Å². The van der Waals surface area contributed by atoms with Gasteiger partial charge in [0.2, 0.25) is 0 Å². The molecule has 0 radical (unpaired) electrons. The number of likely N-dealkylation sites (N-methyl/N-ethyl adjacent to an activating group) is 1. The molecule has 3 rings (SSSR count). The number of nitrogens with zero attached hydrogens (tertiary/aromatic N) is 2. The molecular weight excluding hydrogens is 298 g/mol. The Labute approximate surface area is 133 Å². The summed E-state index contributed by atoms with van der Waals surface area (Å²) in [6.45, 7) is 1.34. The summed E-state index contributed by atoms with van der Waals surface area (Å²) >= 11 is 0. The molecule has 0 aliphatic carbocycles. The average Bonchev–Trinajstić information content (AvgIpc) is 3.13. The molecule has 1 aliphatic heterocycles. The number of carbonyl (C=O) groups excluding carboxylic acids is 1. The van der Waals surface area contributed by atoms with Crippen LogP contribution in [0.3, 0.4) is 0 Å². The Bertz CT molecular complexity index is 658. The number of para-hydroxylation sites is 1. The number of amides is 1. The normalized spacial score (nSPS) is 21.3. The van der Waals surface area contributed by atoms with Crippen LogP contribution in [0.15, 0.2) is 40.9 Å². The second-order valence-electron chi connectivity index (χ2n) is 5.65. The summed E-state index contributed by atoms with van der Waals surface area (Å²) in [4.78, 5) is 14.1. The minimum absolute atomic E-state index is 0.179. The van der Waals surface area contributed by atoms with E-state index in [1.54, 1.807) is 6.07 Å². The molecule has 7 heteroatoms. The van der Waals surface area contributed by atoms with E-state index in [0.717, 1.165) is 0 Å². The van der Waals surface area contributed by atoms with Crippen LogP contribution in [0.5, 0.6) is 5.75 Å². The smallest absolute Gasteiger partial charge is 0.273 e. The lowest BCUT2D eigenvalue weighted by molar-refractivity contribution is 0.0879. The number of β-amino-alcohol motifs (C(OH)–C–C–N with tert-alkyl or cyclic N) is 1. The molecule has 2 aromatic rings. The topological polar surface area (TPSA) is 87.8 Å². The van der Waals surface area contributed by atoms with Gasteiger partial charge >= 0.3 is 0 Å². The summed E-state index contributed by atoms with van der Waals surface area (Å²) in [6, 6.07) is 10.6. The largest absolute Gasteiger partial charge is 0.486 e. The van der Waals surface area contributed by atoms with Crippen LogP contribution in [0.25, 0.3) is 0 Å². The van der Waals surface area contributed by atoms with Gasteiger partial charge in [0, 0.05) is 19.2 Å². The zero-order chi connectivity index (χ0) is 16.2. The van der Waals surface area contributed by atoms with Crippen LogP contribution in [0.2, 0.25) is 0 Å². The van der Waals surface area contributed by atoms with E-state index in [1.807, 2.05) is 42.3 Å². The molecule has 23 heavy (non-hydrogen) atoms. The van der Waals surface area contributed by atoms with Crippen LogP contribution >= 0.6 is 0 Å². The van der Waals surface area contributed by atoms with Crippen molar-refractivity contribution in [2.75, 3.05) is 20.1 Å². The molecule has 0 unspecified atom stereocenters. The molecule has 122 valence electrons. The van der Waals surface area contributed by atoms with Crippen molar-refractivity contribution < 1.29 is 19.2 Å². The van der Waals surface area contributed by atoms with Gasteiger partial charge in [0.15, 0.2) is 11.5 Å². The predicted octanol–water partition coefficient (Wildman–Crippen LogP) is 0.658. The molecule has 2 atom stereocenters. The van der Waals surface area contributed by atoms with E-state index >= 15 is 0 Å². The summed E-state index contributed by atoms with van der Waals surface area (Å²) in [5.41, 5.74) is 0.179. The Morgan fingerprint density at radius 3 is 2.91 bits per heavy atom. The van der Waals surface area contributed by atoms with Gasteiger partial charge in [-0.25, -0.2) is 0 Å². The highest BCUT2D eigenvalue weighted by atomic mass is 16.5. The molecule has 1 aromatic heterocycles. The maximum absolute atomic E-state index is 12.1. The lowest BCUT2D eigenvalue weighted by Crippen LogP contribution is -2.42. The fourth-order valence-electron chi connectivity index (χ4n) is 2.52. The van der Waals surface area contributed by atoms with Gasteiger partial charge in [0.1, 0.15) is 12.4 Å². The van der Waals surface area contributed by atoms with Crippen LogP contribution in [0, 0.1) is 0 Å². The van der Waals surface area contributed by atoms with Gasteiger partial charge in [-0.05, 0) is 19.2 Å². The number of hydrogen-bond acceptors (Lipinski definition) is 6. The molecule has 0 bridgehead atoms. The Balaban J connectivity index is 1.55. The maximum Gasteiger partial charge on any atom is 0.273 e. The van der Waals surface area contributed by atoms with Crippen LogP contribution in [-0.2, 0) is 6.61 Å². The molecule has 7 nitrogen and oxygen atoms in total. The second kappa shape index (κ2) is 6.80. The molecular formula is C16H19N3O4. The average molecular weight is 317 g/mol. The van der Waals surface area contributed by atoms with Gasteiger partial charge in [-0.15, -0.1) is 0 Å². The van der Waals surface area contributed by atoms with Gasteiger partial charge in [0.25, 0.3) is 5.91 Å². The van der Waals surface area contributed by atoms with E-state index in [4.69, 9.17) is 9.26 Å². The lowest BCUT2D eigenvalue weighted by atomic mass is 10.2. The van der Waals surface area contributed by atoms with E-state index < -0.39 is 6.10 Å². The quantitative estimate of drug-likeness (QED) is 0.842. The number of aliphatic hydroxyl groups is 1. The monoisotopic (exact) mass is 317 g/mol. The van der Waals surface area contributed by atoms with Gasteiger partial charge in [0.05, 0.1) is 12.1 Å². The maximum atomic E-state index is 12.1. The zero-order valence-electron chi connectivity index (χ0n) is 12.8. The fraction of sp³-hybridized carbons (Fsp3) is 0.375. The molecule has 0 spiro atoms. The van der Waals surface area contributed by atoms with Gasteiger partial charge in [-0.1, -0.05) is 23.4 Å². The van der Waals surface area contributed by atoms with Crippen LogP contribution in [0.1, 0.15) is 16.2 Å². The molecule has 2 heterocycles. The number of aromatic nitrogens is 1. The summed E-state index contributed by atoms with van der Waals surface area (Å²) in [7, 11) is 1.89. The molecule has 1 aliphatic rings. The Morgan fingerprint density at radius 2 is 2.22 bits per heavy atom. The Kier molecular flexibility index (Phi) is 4.59. The van der Waals surface area contributed by atoms with Gasteiger partial charge in [-0.3, -0.25) is 4.79 Å². The third-order valence-corrected chi connectivity index (χ3v) is 3.70. The summed E-state index contributed by atoms with van der Waals surface area (Å²) in [5.74, 6) is 0.814.